The van der Waals surface area contributed by atoms with Crippen molar-refractivity contribution in [2.45, 2.75) is 57.5 Å². The van der Waals surface area contributed by atoms with Gasteiger partial charge in [-0.1, -0.05) is 60.5 Å². The Hall–Kier alpha value is -2.36. The molecule has 4 rings (SSSR count). The van der Waals surface area contributed by atoms with E-state index >= 15 is 0 Å². The van der Waals surface area contributed by atoms with Gasteiger partial charge in [0, 0.05) is 13.0 Å². The molecule has 2 aromatic carbocycles. The quantitative estimate of drug-likeness (QED) is 0.780. The first-order valence-corrected chi connectivity index (χ1v) is 10.3. The van der Waals surface area contributed by atoms with Gasteiger partial charge in [-0.3, -0.25) is 4.79 Å². The van der Waals surface area contributed by atoms with Crippen molar-refractivity contribution in [3.63, 3.8) is 0 Å². The smallest absolute Gasteiger partial charge is 0.269 e. The zero-order chi connectivity index (χ0) is 18.5. The minimum Gasteiger partial charge on any atom is -0.392 e. The maximum atomic E-state index is 12.2. The number of rotatable bonds is 7. The Bertz CT molecular complexity index is 824. The predicted molar refractivity (Wildman–Crippen MR) is 109 cm³/mol. The van der Waals surface area contributed by atoms with Crippen molar-refractivity contribution in [3.05, 3.63) is 48.0 Å². The van der Waals surface area contributed by atoms with Gasteiger partial charge < -0.3 is 10.2 Å². The van der Waals surface area contributed by atoms with Gasteiger partial charge in [0.1, 0.15) is 11.8 Å². The predicted octanol–water partition coefficient (Wildman–Crippen LogP) is 4.61. The van der Waals surface area contributed by atoms with Gasteiger partial charge in [-0.25, -0.2) is 0 Å². The van der Waals surface area contributed by atoms with Crippen LogP contribution >= 0.6 is 0 Å². The highest BCUT2D eigenvalue weighted by molar-refractivity contribution is 6.39. The molecule has 4 nitrogen and oxygen atoms in total. The molecule has 2 aromatic rings. The number of aryl methyl sites for hydroxylation is 1. The molecular formula is C23H28N2O2. The Balaban J connectivity index is 1.19. The zero-order valence-electron chi connectivity index (χ0n) is 15.8. The molecule has 4 heteroatoms. The topological polar surface area (TPSA) is 50.7 Å². The third-order valence-electron chi connectivity index (χ3n) is 5.83. The number of fused-ring (bicyclic) bond motifs is 1. The van der Waals surface area contributed by atoms with Crippen LogP contribution in [0.15, 0.2) is 47.6 Å². The summed E-state index contributed by atoms with van der Waals surface area (Å²) >= 11 is 0. The number of benzene rings is 2. The lowest BCUT2D eigenvalue weighted by atomic mass is 10.0. The van der Waals surface area contributed by atoms with Gasteiger partial charge in [0.2, 0.25) is 0 Å². The summed E-state index contributed by atoms with van der Waals surface area (Å²) in [5, 5.41) is 9.64. The number of amides is 1. The average Bonchev–Trinajstić information content (AvgIpc) is 3.38. The van der Waals surface area contributed by atoms with Gasteiger partial charge in [0.15, 0.2) is 0 Å². The second kappa shape index (κ2) is 8.55. The van der Waals surface area contributed by atoms with E-state index in [9.17, 15) is 4.79 Å². The van der Waals surface area contributed by atoms with Crippen molar-refractivity contribution in [2.24, 2.45) is 11.1 Å². The monoisotopic (exact) mass is 364 g/mol. The zero-order valence-corrected chi connectivity index (χ0v) is 15.8. The lowest BCUT2D eigenvalue weighted by Crippen LogP contribution is -2.34. The van der Waals surface area contributed by atoms with Crippen molar-refractivity contribution in [1.29, 1.82) is 0 Å². The van der Waals surface area contributed by atoms with E-state index in [4.69, 9.17) is 4.84 Å². The second-order valence-corrected chi connectivity index (χ2v) is 7.90. The summed E-state index contributed by atoms with van der Waals surface area (Å²) in [6.07, 6.45) is 8.72. The molecule has 1 N–H and O–H groups in total. The largest absolute Gasteiger partial charge is 0.392 e. The molecule has 0 aromatic heterocycles. The van der Waals surface area contributed by atoms with Crippen molar-refractivity contribution < 1.29 is 9.63 Å². The standard InChI is InChI=1S/C23H28N2O2/c26-23(24-16-18-6-1-2-7-18)22-15-21(27-25-22)11-5-8-17-12-13-19-9-3-4-10-20(19)14-17/h3-4,9-10,12-14,18,21H,1-2,5-8,11,15-16H2,(H,24,26). The molecule has 1 aliphatic carbocycles. The number of carbonyl (C=O) groups excluding carboxylic acids is 1. The van der Waals surface area contributed by atoms with Crippen molar-refractivity contribution in [2.75, 3.05) is 6.54 Å². The lowest BCUT2D eigenvalue weighted by Gasteiger charge is -2.10. The Labute approximate surface area is 161 Å². The summed E-state index contributed by atoms with van der Waals surface area (Å²) in [7, 11) is 0. The molecule has 1 unspecified atom stereocenters. The molecule has 1 amide bonds. The molecular weight excluding hydrogens is 336 g/mol. The van der Waals surface area contributed by atoms with Crippen LogP contribution in [0.4, 0.5) is 0 Å². The van der Waals surface area contributed by atoms with Gasteiger partial charge in [-0.2, -0.15) is 0 Å². The summed E-state index contributed by atoms with van der Waals surface area (Å²) in [6, 6.07) is 15.1. The summed E-state index contributed by atoms with van der Waals surface area (Å²) in [4.78, 5) is 17.7. The Morgan fingerprint density at radius 2 is 1.93 bits per heavy atom. The molecule has 0 bridgehead atoms. The first-order chi connectivity index (χ1) is 13.3. The number of hydrogen-bond donors (Lipinski definition) is 1. The SMILES string of the molecule is O=C(NCC1CCCC1)C1=NOC(CCCc2ccc3ccccc3c2)C1. The number of carbonyl (C=O) groups is 1. The van der Waals surface area contributed by atoms with Crippen LogP contribution < -0.4 is 5.32 Å². The summed E-state index contributed by atoms with van der Waals surface area (Å²) in [5.74, 6) is 0.605. The fourth-order valence-electron chi connectivity index (χ4n) is 4.20. The van der Waals surface area contributed by atoms with E-state index in [1.807, 2.05) is 0 Å². The third-order valence-corrected chi connectivity index (χ3v) is 5.83. The molecule has 27 heavy (non-hydrogen) atoms. The van der Waals surface area contributed by atoms with Crippen LogP contribution in [0.2, 0.25) is 0 Å². The molecule has 2 aliphatic rings. The van der Waals surface area contributed by atoms with Gasteiger partial charge in [-0.05, 0) is 54.4 Å². The lowest BCUT2D eigenvalue weighted by molar-refractivity contribution is -0.115. The molecule has 1 fully saturated rings. The van der Waals surface area contributed by atoms with E-state index in [1.165, 1.54) is 42.0 Å². The van der Waals surface area contributed by atoms with E-state index in [0.29, 0.717) is 18.1 Å². The highest BCUT2D eigenvalue weighted by Crippen LogP contribution is 2.24. The molecule has 1 heterocycles. The van der Waals surface area contributed by atoms with Crippen molar-refractivity contribution in [1.82, 2.24) is 5.32 Å². The first kappa shape index (κ1) is 18.0. The number of nitrogens with zero attached hydrogens (tertiary/aromatic N) is 1. The van der Waals surface area contributed by atoms with Crippen molar-refractivity contribution in [3.8, 4) is 0 Å². The maximum absolute atomic E-state index is 12.2. The highest BCUT2D eigenvalue weighted by Gasteiger charge is 2.26. The van der Waals surface area contributed by atoms with E-state index in [2.05, 4.69) is 52.9 Å². The molecule has 1 atom stereocenters. The molecule has 1 aliphatic heterocycles. The summed E-state index contributed by atoms with van der Waals surface area (Å²) < 4.78 is 0. The van der Waals surface area contributed by atoms with E-state index in [0.717, 1.165) is 25.8 Å². The molecule has 142 valence electrons. The van der Waals surface area contributed by atoms with Crippen LogP contribution in [0.5, 0.6) is 0 Å². The van der Waals surface area contributed by atoms with E-state index in [-0.39, 0.29) is 12.0 Å². The minimum atomic E-state index is -0.0427. The molecule has 0 saturated heterocycles. The van der Waals surface area contributed by atoms with E-state index in [1.54, 1.807) is 0 Å². The fraction of sp³-hybridized carbons (Fsp3) is 0.478. The Kier molecular flexibility index (Phi) is 5.71. The second-order valence-electron chi connectivity index (χ2n) is 7.90. The Morgan fingerprint density at radius 1 is 1.11 bits per heavy atom. The van der Waals surface area contributed by atoms with Crippen LogP contribution in [0.25, 0.3) is 10.8 Å². The van der Waals surface area contributed by atoms with Gasteiger partial charge in [-0.15, -0.1) is 0 Å². The van der Waals surface area contributed by atoms with Gasteiger partial charge in [0.25, 0.3) is 5.91 Å². The summed E-state index contributed by atoms with van der Waals surface area (Å²) in [6.45, 7) is 0.782. The molecule has 0 radical (unpaired) electrons. The summed E-state index contributed by atoms with van der Waals surface area (Å²) in [5.41, 5.74) is 1.91. The normalized spacial score (nSPS) is 19.9. The Morgan fingerprint density at radius 3 is 2.78 bits per heavy atom. The average molecular weight is 364 g/mol. The molecule has 0 spiro atoms. The first-order valence-electron chi connectivity index (χ1n) is 10.3. The van der Waals surface area contributed by atoms with Crippen LogP contribution in [-0.4, -0.2) is 24.3 Å². The number of oxime groups is 1. The number of hydrogen-bond acceptors (Lipinski definition) is 3. The van der Waals surface area contributed by atoms with Gasteiger partial charge in [0.05, 0.1) is 0 Å². The van der Waals surface area contributed by atoms with Crippen molar-refractivity contribution >= 4 is 22.4 Å². The van der Waals surface area contributed by atoms with Crippen LogP contribution in [0.3, 0.4) is 0 Å². The minimum absolute atomic E-state index is 0.0395. The maximum Gasteiger partial charge on any atom is 0.269 e. The van der Waals surface area contributed by atoms with Crippen LogP contribution in [0.1, 0.15) is 50.5 Å². The number of nitrogens with one attached hydrogen (secondary N) is 1. The van der Waals surface area contributed by atoms with E-state index < -0.39 is 0 Å². The fourth-order valence-corrected chi connectivity index (χ4v) is 4.20. The van der Waals surface area contributed by atoms with Gasteiger partial charge >= 0.3 is 0 Å². The third kappa shape index (κ3) is 4.68. The molecule has 1 saturated carbocycles. The van der Waals surface area contributed by atoms with Crippen LogP contribution in [-0.2, 0) is 16.1 Å². The highest BCUT2D eigenvalue weighted by atomic mass is 16.6. The van der Waals surface area contributed by atoms with Crippen LogP contribution in [0, 0.1) is 5.92 Å².